The lowest BCUT2D eigenvalue weighted by atomic mass is 10.0. The van der Waals surface area contributed by atoms with E-state index in [0.717, 1.165) is 12.0 Å². The summed E-state index contributed by atoms with van der Waals surface area (Å²) in [6.45, 7) is 1.21. The highest BCUT2D eigenvalue weighted by Crippen LogP contribution is 2.05. The topological polar surface area (TPSA) is 70.5 Å². The number of carbonyl (C=O) groups is 2. The molecule has 0 spiro atoms. The molecule has 1 rings (SSSR count). The Kier molecular flexibility index (Phi) is 4.98. The Labute approximate surface area is 99.9 Å². The molecule has 0 aliphatic rings. The van der Waals surface area contributed by atoms with Gasteiger partial charge in [-0.25, -0.2) is 0 Å². The Balaban J connectivity index is 2.45. The summed E-state index contributed by atoms with van der Waals surface area (Å²) in [7, 11) is 0. The van der Waals surface area contributed by atoms with Crippen molar-refractivity contribution in [3.63, 3.8) is 0 Å². The molecule has 0 saturated carbocycles. The maximum atomic E-state index is 11.5. The second-order valence-corrected chi connectivity index (χ2v) is 3.77. The molecule has 0 amide bonds. The molecular formula is C13H14N2O2. The highest BCUT2D eigenvalue weighted by atomic mass is 16.1. The molecule has 0 atom stereocenters. The van der Waals surface area contributed by atoms with Crippen molar-refractivity contribution < 1.29 is 14.4 Å². The molecule has 0 N–H and O–H groups in total. The van der Waals surface area contributed by atoms with Crippen molar-refractivity contribution in [2.45, 2.75) is 26.2 Å². The number of Topliss-reactive ketones (excluding diaryl/α,β-unsaturated/α-hetero) is 2. The molecule has 0 aliphatic heterocycles. The highest BCUT2D eigenvalue weighted by Gasteiger charge is 2.24. The van der Waals surface area contributed by atoms with Crippen LogP contribution in [0.1, 0.15) is 25.3 Å². The summed E-state index contributed by atoms with van der Waals surface area (Å²) in [4.78, 5) is 25.2. The van der Waals surface area contributed by atoms with Gasteiger partial charge in [-0.2, -0.15) is 4.79 Å². The van der Waals surface area contributed by atoms with Gasteiger partial charge in [-0.05, 0) is 18.4 Å². The second-order valence-electron chi connectivity index (χ2n) is 3.77. The molecule has 0 aliphatic carbocycles. The molecule has 0 saturated heterocycles. The van der Waals surface area contributed by atoms with Crippen LogP contribution < -0.4 is 0 Å². The van der Waals surface area contributed by atoms with Crippen LogP contribution in [0, 0.1) is 0 Å². The van der Waals surface area contributed by atoms with Gasteiger partial charge in [0.05, 0.1) is 0 Å². The Morgan fingerprint density at radius 2 is 1.88 bits per heavy atom. The number of benzene rings is 1. The van der Waals surface area contributed by atoms with Crippen molar-refractivity contribution in [3.8, 4) is 0 Å². The van der Waals surface area contributed by atoms with Crippen molar-refractivity contribution in [2.75, 3.05) is 0 Å². The van der Waals surface area contributed by atoms with Crippen molar-refractivity contribution >= 4 is 17.3 Å². The molecule has 1 aromatic carbocycles. The first kappa shape index (κ1) is 13.0. The third kappa shape index (κ3) is 4.13. The molecule has 1 aromatic rings. The smallest absolute Gasteiger partial charge is 0.360 e. The molecule has 17 heavy (non-hydrogen) atoms. The van der Waals surface area contributed by atoms with E-state index < -0.39 is 11.6 Å². The van der Waals surface area contributed by atoms with Crippen molar-refractivity contribution in [1.29, 1.82) is 0 Å². The second kappa shape index (κ2) is 6.51. The van der Waals surface area contributed by atoms with E-state index in [4.69, 9.17) is 5.53 Å². The van der Waals surface area contributed by atoms with Gasteiger partial charge in [0.25, 0.3) is 0 Å². The molecule has 0 fully saturated rings. The summed E-state index contributed by atoms with van der Waals surface area (Å²) in [5.74, 6) is -0.909. The van der Waals surface area contributed by atoms with Crippen LogP contribution in [0.2, 0.25) is 0 Å². The first-order valence-corrected chi connectivity index (χ1v) is 5.45. The van der Waals surface area contributed by atoms with Gasteiger partial charge in [0.2, 0.25) is 11.6 Å². The third-order valence-corrected chi connectivity index (χ3v) is 2.41. The van der Waals surface area contributed by atoms with Crippen LogP contribution in [-0.2, 0) is 16.0 Å². The van der Waals surface area contributed by atoms with Crippen molar-refractivity contribution in [1.82, 2.24) is 0 Å². The zero-order chi connectivity index (χ0) is 12.7. The number of hydrogen-bond donors (Lipinski definition) is 0. The van der Waals surface area contributed by atoms with Crippen LogP contribution in [0.5, 0.6) is 0 Å². The van der Waals surface area contributed by atoms with E-state index in [2.05, 4.69) is 4.79 Å². The van der Waals surface area contributed by atoms with E-state index in [1.54, 1.807) is 0 Å². The minimum Gasteiger partial charge on any atom is -0.360 e. The zero-order valence-corrected chi connectivity index (χ0v) is 9.72. The number of aryl methyl sites for hydroxylation is 1. The highest BCUT2D eigenvalue weighted by molar-refractivity contribution is 6.63. The molecule has 88 valence electrons. The quantitative estimate of drug-likeness (QED) is 0.324. The fraction of sp³-hybridized carbons (Fsp3) is 0.308. The van der Waals surface area contributed by atoms with Gasteiger partial charge < -0.3 is 5.53 Å². The zero-order valence-electron chi connectivity index (χ0n) is 9.72. The van der Waals surface area contributed by atoms with Crippen molar-refractivity contribution in [2.24, 2.45) is 0 Å². The SMILES string of the molecule is CC(=O)C(=[N+]=[N-])C(=O)CCCc1ccccc1. The van der Waals surface area contributed by atoms with Gasteiger partial charge in [-0.1, -0.05) is 30.3 Å². The molecule has 0 radical (unpaired) electrons. The normalized spacial score (nSPS) is 9.47. The monoisotopic (exact) mass is 230 g/mol. The first-order chi connectivity index (χ1) is 8.15. The largest absolute Gasteiger partial charge is 0.399 e. The molecule has 0 unspecified atom stereocenters. The standard InChI is InChI=1S/C13H14N2O2/c1-10(16)13(15-14)12(17)9-5-8-11-6-3-2-4-7-11/h2-4,6-7H,5,8-9H2,1H3. The van der Waals surface area contributed by atoms with E-state index in [0.29, 0.717) is 6.42 Å². The number of hydrogen-bond acceptors (Lipinski definition) is 2. The van der Waals surface area contributed by atoms with Crippen LogP contribution in [0.25, 0.3) is 5.53 Å². The minimum atomic E-state index is -0.503. The van der Waals surface area contributed by atoms with E-state index >= 15 is 0 Å². The maximum Gasteiger partial charge on any atom is 0.399 e. The van der Waals surface area contributed by atoms with Crippen LogP contribution in [0.3, 0.4) is 0 Å². The molecule has 4 nitrogen and oxygen atoms in total. The summed E-state index contributed by atoms with van der Waals surface area (Å²) in [6.07, 6.45) is 1.62. The number of ketones is 2. The Hall–Kier alpha value is -2.06. The minimum absolute atomic E-state index is 0.216. The lowest BCUT2D eigenvalue weighted by molar-refractivity contribution is -0.123. The van der Waals surface area contributed by atoms with Crippen molar-refractivity contribution in [3.05, 3.63) is 41.4 Å². The fourth-order valence-corrected chi connectivity index (χ4v) is 1.54. The summed E-state index contributed by atoms with van der Waals surface area (Å²) in [5, 5.41) is 0. The molecule has 4 heteroatoms. The summed E-state index contributed by atoms with van der Waals surface area (Å²) < 4.78 is 0. The Morgan fingerprint density at radius 1 is 1.24 bits per heavy atom. The molecular weight excluding hydrogens is 216 g/mol. The lowest BCUT2D eigenvalue weighted by Gasteiger charge is -1.98. The third-order valence-electron chi connectivity index (χ3n) is 2.41. The van der Waals surface area contributed by atoms with Gasteiger partial charge >= 0.3 is 5.71 Å². The predicted octanol–water partition coefficient (Wildman–Crippen LogP) is 1.84. The van der Waals surface area contributed by atoms with Gasteiger partial charge in [0.15, 0.2) is 0 Å². The van der Waals surface area contributed by atoms with Gasteiger partial charge in [0, 0.05) is 13.3 Å². The van der Waals surface area contributed by atoms with Crippen LogP contribution in [0.15, 0.2) is 30.3 Å². The summed E-state index contributed by atoms with van der Waals surface area (Å²) in [5.41, 5.74) is 9.31. The van der Waals surface area contributed by atoms with Gasteiger partial charge in [0.1, 0.15) is 0 Å². The van der Waals surface area contributed by atoms with E-state index in [9.17, 15) is 9.59 Å². The Morgan fingerprint density at radius 3 is 2.41 bits per heavy atom. The Bertz CT molecular complexity index is 460. The van der Waals surface area contributed by atoms with Crippen LogP contribution in [-0.4, -0.2) is 22.1 Å². The van der Waals surface area contributed by atoms with Gasteiger partial charge in [-0.15, -0.1) is 0 Å². The average Bonchev–Trinajstić information content (AvgIpc) is 2.30. The first-order valence-electron chi connectivity index (χ1n) is 5.45. The lowest BCUT2D eigenvalue weighted by Crippen LogP contribution is -2.22. The predicted molar refractivity (Wildman–Crippen MR) is 63.7 cm³/mol. The molecule has 0 heterocycles. The maximum absolute atomic E-state index is 11.5. The van der Waals surface area contributed by atoms with Crippen LogP contribution >= 0.6 is 0 Å². The van der Waals surface area contributed by atoms with E-state index in [1.807, 2.05) is 30.3 Å². The fourth-order valence-electron chi connectivity index (χ4n) is 1.54. The number of nitrogens with zero attached hydrogens (tertiary/aromatic N) is 2. The molecule has 0 aromatic heterocycles. The molecule has 0 bridgehead atoms. The van der Waals surface area contributed by atoms with Gasteiger partial charge in [-0.3, -0.25) is 9.59 Å². The van der Waals surface area contributed by atoms with E-state index in [-0.39, 0.29) is 12.1 Å². The summed E-state index contributed by atoms with van der Waals surface area (Å²) >= 11 is 0. The average molecular weight is 230 g/mol. The number of rotatable bonds is 6. The number of carbonyl (C=O) groups excluding carboxylic acids is 2. The van der Waals surface area contributed by atoms with Crippen LogP contribution in [0.4, 0.5) is 0 Å². The summed E-state index contributed by atoms with van der Waals surface area (Å²) in [6, 6.07) is 9.77. The van der Waals surface area contributed by atoms with E-state index in [1.165, 1.54) is 6.92 Å².